The zero-order chi connectivity index (χ0) is 28.9. The zero-order valence-corrected chi connectivity index (χ0v) is 25.2. The van der Waals surface area contributed by atoms with Crippen molar-refractivity contribution in [2.24, 2.45) is 11.8 Å². The van der Waals surface area contributed by atoms with E-state index >= 15 is 0 Å². The highest BCUT2D eigenvalue weighted by Gasteiger charge is 2.37. The van der Waals surface area contributed by atoms with Gasteiger partial charge in [0.05, 0.1) is 5.69 Å². The minimum Gasteiger partial charge on any atom is -0.268 e. The molecule has 0 saturated heterocycles. The Morgan fingerprint density at radius 1 is 0.535 bits per heavy atom. The second kappa shape index (κ2) is 11.1. The molecule has 218 valence electrons. The van der Waals surface area contributed by atoms with Crippen molar-refractivity contribution in [1.29, 1.82) is 0 Å². The molecule has 0 N–H and O–H groups in total. The van der Waals surface area contributed by atoms with Crippen LogP contribution in [0.3, 0.4) is 0 Å². The second-order valence-electron chi connectivity index (χ2n) is 13.6. The van der Waals surface area contributed by atoms with E-state index in [2.05, 4.69) is 54.6 Å². The van der Waals surface area contributed by atoms with Crippen LogP contribution in [0.4, 0.5) is 5.69 Å². The summed E-state index contributed by atoms with van der Waals surface area (Å²) in [4.78, 5) is 30.8. The van der Waals surface area contributed by atoms with Gasteiger partial charge in [0.1, 0.15) is 0 Å². The third-order valence-electron chi connectivity index (χ3n) is 11.0. The molecule has 5 aromatic rings. The fourth-order valence-corrected chi connectivity index (χ4v) is 8.74. The molecule has 0 bridgehead atoms. The van der Waals surface area contributed by atoms with Crippen molar-refractivity contribution in [3.05, 3.63) is 89.0 Å². The lowest BCUT2D eigenvalue weighted by atomic mass is 9.83. The number of hydrogen-bond acceptors (Lipinski definition) is 2. The quantitative estimate of drug-likeness (QED) is 0.145. The number of aryl methyl sites for hydroxylation is 2. The molecule has 0 aromatic heterocycles. The van der Waals surface area contributed by atoms with Crippen LogP contribution >= 0.6 is 0 Å². The molecule has 0 radical (unpaired) electrons. The first-order chi connectivity index (χ1) is 21.2. The van der Waals surface area contributed by atoms with E-state index in [9.17, 15) is 9.59 Å². The summed E-state index contributed by atoms with van der Waals surface area (Å²) in [5.41, 5.74) is 4.52. The Kier molecular flexibility index (Phi) is 6.93. The summed E-state index contributed by atoms with van der Waals surface area (Å²) in [6.45, 7) is 0. The third-order valence-corrected chi connectivity index (χ3v) is 11.0. The van der Waals surface area contributed by atoms with Crippen LogP contribution < -0.4 is 4.90 Å². The first-order valence-corrected chi connectivity index (χ1v) is 16.9. The molecular weight excluding hydrogens is 526 g/mol. The molecule has 2 amide bonds. The number of benzene rings is 5. The summed E-state index contributed by atoms with van der Waals surface area (Å²) >= 11 is 0. The lowest BCUT2D eigenvalue weighted by Crippen LogP contribution is -2.41. The normalized spacial score (nSPS) is 18.5. The Morgan fingerprint density at radius 2 is 1.07 bits per heavy atom. The van der Waals surface area contributed by atoms with Crippen molar-refractivity contribution in [2.45, 2.75) is 89.9 Å². The molecule has 2 aliphatic carbocycles. The molecule has 0 spiro atoms. The third kappa shape index (κ3) is 4.63. The van der Waals surface area contributed by atoms with Gasteiger partial charge in [-0.3, -0.25) is 9.59 Å². The van der Waals surface area contributed by atoms with Crippen molar-refractivity contribution in [3.8, 4) is 0 Å². The molecule has 0 atom stereocenters. The van der Waals surface area contributed by atoms with Crippen molar-refractivity contribution in [1.82, 2.24) is 0 Å². The van der Waals surface area contributed by atoms with E-state index in [1.54, 1.807) is 4.90 Å². The van der Waals surface area contributed by atoms with E-state index in [-0.39, 0.29) is 11.8 Å². The van der Waals surface area contributed by atoms with Gasteiger partial charge in [0.25, 0.3) is 11.8 Å². The number of anilines is 1. The maximum atomic E-state index is 14.7. The van der Waals surface area contributed by atoms with Gasteiger partial charge in [-0.15, -0.1) is 0 Å². The van der Waals surface area contributed by atoms with Crippen molar-refractivity contribution >= 4 is 49.8 Å². The van der Waals surface area contributed by atoms with Crippen LogP contribution in [0.1, 0.15) is 109 Å². The highest BCUT2D eigenvalue weighted by Crippen LogP contribution is 2.43. The van der Waals surface area contributed by atoms with Gasteiger partial charge in [-0.05, 0) is 87.7 Å². The summed E-state index contributed by atoms with van der Waals surface area (Å²) in [5.74, 6) is 1.15. The van der Waals surface area contributed by atoms with Gasteiger partial charge in [-0.25, -0.2) is 4.90 Å². The highest BCUT2D eigenvalue weighted by molar-refractivity contribution is 6.40. The summed E-state index contributed by atoms with van der Waals surface area (Å²) in [5, 5.41) is 6.32. The number of carbonyl (C=O) groups is 2. The van der Waals surface area contributed by atoms with Gasteiger partial charge >= 0.3 is 0 Å². The van der Waals surface area contributed by atoms with E-state index in [4.69, 9.17) is 0 Å². The number of rotatable bonds is 7. The molecule has 0 unspecified atom stereocenters. The Morgan fingerprint density at radius 3 is 1.72 bits per heavy atom. The second-order valence-corrected chi connectivity index (χ2v) is 13.6. The van der Waals surface area contributed by atoms with E-state index in [0.29, 0.717) is 11.1 Å². The van der Waals surface area contributed by atoms with Crippen LogP contribution in [0, 0.1) is 11.8 Å². The van der Waals surface area contributed by atoms with Crippen LogP contribution in [0.2, 0.25) is 0 Å². The molecule has 3 heteroatoms. The average Bonchev–Trinajstić information content (AvgIpc) is 3.06. The Balaban J connectivity index is 1.24. The Bertz CT molecular complexity index is 1800. The largest absolute Gasteiger partial charge is 0.268 e. The van der Waals surface area contributed by atoms with Crippen molar-refractivity contribution in [2.75, 3.05) is 4.90 Å². The minimum atomic E-state index is -0.167. The Hall–Kier alpha value is -3.72. The number of imide groups is 1. The van der Waals surface area contributed by atoms with E-state index in [1.165, 1.54) is 64.2 Å². The maximum Gasteiger partial charge on any atom is 0.266 e. The monoisotopic (exact) mass is 567 g/mol. The van der Waals surface area contributed by atoms with Crippen molar-refractivity contribution < 1.29 is 9.59 Å². The van der Waals surface area contributed by atoms with Crippen LogP contribution in [-0.2, 0) is 12.8 Å². The standard InChI is InChI=1S/C40H41NO2/c42-39-33-24-23-29-22-21-28-13-7-16-32-25-34(37(33)36(29)35(28)32)40(43)41(39)38-30(19-17-26-9-3-1-4-10-26)14-8-15-31(38)20-18-27-11-5-2-6-12-27/h7-8,13-16,21-27H,1-6,9-12,17-20H2. The molecule has 5 aromatic carbocycles. The number of amides is 2. The van der Waals surface area contributed by atoms with Crippen LogP contribution in [-0.4, -0.2) is 11.8 Å². The highest BCUT2D eigenvalue weighted by atomic mass is 16.2. The lowest BCUT2D eigenvalue weighted by molar-refractivity contribution is 0.0893. The zero-order valence-electron chi connectivity index (χ0n) is 25.2. The molecule has 43 heavy (non-hydrogen) atoms. The van der Waals surface area contributed by atoms with E-state index < -0.39 is 0 Å². The molecule has 1 heterocycles. The summed E-state index contributed by atoms with van der Waals surface area (Å²) < 4.78 is 0. The van der Waals surface area contributed by atoms with E-state index in [0.717, 1.165) is 86.7 Å². The fourth-order valence-electron chi connectivity index (χ4n) is 8.74. The van der Waals surface area contributed by atoms with Gasteiger partial charge in [-0.1, -0.05) is 119 Å². The topological polar surface area (TPSA) is 37.4 Å². The number of para-hydroxylation sites is 1. The smallest absolute Gasteiger partial charge is 0.266 e. The van der Waals surface area contributed by atoms with Crippen LogP contribution in [0.5, 0.6) is 0 Å². The van der Waals surface area contributed by atoms with Gasteiger partial charge in [0.15, 0.2) is 0 Å². The Labute approximate surface area is 254 Å². The molecular formula is C40H41NO2. The van der Waals surface area contributed by atoms with Gasteiger partial charge < -0.3 is 0 Å². The average molecular weight is 568 g/mol. The van der Waals surface area contributed by atoms with E-state index in [1.807, 2.05) is 12.1 Å². The van der Waals surface area contributed by atoms with Gasteiger partial charge in [0, 0.05) is 16.5 Å². The predicted molar refractivity (Wildman–Crippen MR) is 178 cm³/mol. The molecule has 3 aliphatic rings. The first-order valence-electron chi connectivity index (χ1n) is 16.9. The summed E-state index contributed by atoms with van der Waals surface area (Å²) in [6.07, 6.45) is 17.3. The molecule has 2 fully saturated rings. The number of carbonyl (C=O) groups excluding carboxylic acids is 2. The van der Waals surface area contributed by atoms with Crippen LogP contribution in [0.15, 0.2) is 66.7 Å². The molecule has 1 aliphatic heterocycles. The first kappa shape index (κ1) is 26.9. The molecule has 8 rings (SSSR count). The number of nitrogens with zero attached hydrogens (tertiary/aromatic N) is 1. The van der Waals surface area contributed by atoms with Crippen LogP contribution in [0.25, 0.3) is 32.3 Å². The molecule has 2 saturated carbocycles. The lowest BCUT2D eigenvalue weighted by Gasteiger charge is -2.32. The summed E-state index contributed by atoms with van der Waals surface area (Å²) in [7, 11) is 0. The minimum absolute atomic E-state index is 0.166. The number of hydrogen-bond donors (Lipinski definition) is 0. The molecule has 3 nitrogen and oxygen atoms in total. The van der Waals surface area contributed by atoms with Gasteiger partial charge in [0.2, 0.25) is 0 Å². The SMILES string of the molecule is O=C1c2ccc3ccc4cccc5cc(c2c3c45)C(=O)N1c1c(CCC2CCCCC2)cccc1CCC1CCCCC1. The summed E-state index contributed by atoms with van der Waals surface area (Å²) in [6, 6.07) is 23.2. The van der Waals surface area contributed by atoms with Gasteiger partial charge in [-0.2, -0.15) is 0 Å². The van der Waals surface area contributed by atoms with Crippen molar-refractivity contribution in [3.63, 3.8) is 0 Å². The fraction of sp³-hybridized carbons (Fsp3) is 0.400. The maximum absolute atomic E-state index is 14.7. The predicted octanol–water partition coefficient (Wildman–Crippen LogP) is 10.4.